The van der Waals surface area contributed by atoms with Gasteiger partial charge in [-0.15, -0.1) is 0 Å². The van der Waals surface area contributed by atoms with Crippen LogP contribution in [0.5, 0.6) is 0 Å². The van der Waals surface area contributed by atoms with Crippen molar-refractivity contribution in [1.29, 1.82) is 0 Å². The number of nitrogen functional groups attached to an aromatic ring is 1. The lowest BCUT2D eigenvalue weighted by Gasteiger charge is -2.09. The van der Waals surface area contributed by atoms with Crippen molar-refractivity contribution < 1.29 is 9.59 Å². The van der Waals surface area contributed by atoms with E-state index in [1.54, 1.807) is 30.3 Å². The van der Waals surface area contributed by atoms with Gasteiger partial charge in [-0.2, -0.15) is 0 Å². The van der Waals surface area contributed by atoms with Crippen LogP contribution in [0.3, 0.4) is 0 Å². The summed E-state index contributed by atoms with van der Waals surface area (Å²) in [5.74, 6) is -0.744. The molecule has 21 heavy (non-hydrogen) atoms. The molecule has 0 aromatic heterocycles. The SMILES string of the molecule is Cc1ccc(N)c(C(=O)NCc2cccc(C(N)=O)c2)c1. The molecule has 0 aliphatic rings. The van der Waals surface area contributed by atoms with Crippen LogP contribution in [0.25, 0.3) is 0 Å². The minimum atomic E-state index is -0.494. The molecule has 5 nitrogen and oxygen atoms in total. The maximum atomic E-state index is 12.1. The van der Waals surface area contributed by atoms with Gasteiger partial charge >= 0.3 is 0 Å². The van der Waals surface area contributed by atoms with Crippen molar-refractivity contribution in [3.63, 3.8) is 0 Å². The number of rotatable bonds is 4. The molecule has 2 aromatic rings. The lowest BCUT2D eigenvalue weighted by molar-refractivity contribution is 0.0951. The number of carbonyl (C=O) groups is 2. The maximum Gasteiger partial charge on any atom is 0.253 e. The van der Waals surface area contributed by atoms with Crippen LogP contribution in [0.1, 0.15) is 31.8 Å². The second kappa shape index (κ2) is 6.09. The Morgan fingerprint density at radius 1 is 1.14 bits per heavy atom. The molecule has 5 heteroatoms. The second-order valence-corrected chi connectivity index (χ2v) is 4.84. The summed E-state index contributed by atoms with van der Waals surface area (Å²) in [6.45, 7) is 2.19. The topological polar surface area (TPSA) is 98.2 Å². The molecule has 0 fully saturated rings. The average Bonchev–Trinajstić information content (AvgIpc) is 2.47. The van der Waals surface area contributed by atoms with E-state index in [2.05, 4.69) is 5.32 Å². The minimum Gasteiger partial charge on any atom is -0.398 e. The number of aryl methyl sites for hydroxylation is 1. The van der Waals surface area contributed by atoms with Crippen LogP contribution in [0, 0.1) is 6.92 Å². The van der Waals surface area contributed by atoms with Gasteiger partial charge in [-0.05, 0) is 36.8 Å². The highest BCUT2D eigenvalue weighted by Crippen LogP contribution is 2.14. The fourth-order valence-electron chi connectivity index (χ4n) is 1.98. The third-order valence-electron chi connectivity index (χ3n) is 3.12. The smallest absolute Gasteiger partial charge is 0.253 e. The highest BCUT2D eigenvalue weighted by molar-refractivity contribution is 5.99. The third kappa shape index (κ3) is 3.60. The number of anilines is 1. The number of hydrogen-bond acceptors (Lipinski definition) is 3. The van der Waals surface area contributed by atoms with Crippen LogP contribution in [0.15, 0.2) is 42.5 Å². The van der Waals surface area contributed by atoms with Gasteiger partial charge < -0.3 is 16.8 Å². The summed E-state index contributed by atoms with van der Waals surface area (Å²) in [5.41, 5.74) is 14.1. The van der Waals surface area contributed by atoms with Crippen LogP contribution in [-0.2, 0) is 6.54 Å². The molecule has 0 bridgehead atoms. The van der Waals surface area contributed by atoms with E-state index in [1.807, 2.05) is 19.1 Å². The molecule has 0 aliphatic carbocycles. The summed E-state index contributed by atoms with van der Waals surface area (Å²) in [4.78, 5) is 23.2. The zero-order valence-corrected chi connectivity index (χ0v) is 11.7. The molecule has 0 atom stereocenters. The van der Waals surface area contributed by atoms with Crippen LogP contribution in [0.2, 0.25) is 0 Å². The first-order chi connectivity index (χ1) is 9.97. The number of carbonyl (C=O) groups excluding carboxylic acids is 2. The standard InChI is InChI=1S/C16H17N3O2/c1-10-5-6-14(17)13(7-10)16(21)19-9-11-3-2-4-12(8-11)15(18)20/h2-8H,9,17H2,1H3,(H2,18,20)(H,19,21). The molecule has 0 saturated carbocycles. The van der Waals surface area contributed by atoms with E-state index in [4.69, 9.17) is 11.5 Å². The van der Waals surface area contributed by atoms with E-state index in [-0.39, 0.29) is 5.91 Å². The Labute approximate surface area is 123 Å². The molecular formula is C16H17N3O2. The summed E-state index contributed by atoms with van der Waals surface area (Å²) in [6.07, 6.45) is 0. The van der Waals surface area contributed by atoms with Crippen LogP contribution < -0.4 is 16.8 Å². The van der Waals surface area contributed by atoms with Gasteiger partial charge in [0.1, 0.15) is 0 Å². The van der Waals surface area contributed by atoms with Crippen molar-refractivity contribution in [2.24, 2.45) is 5.73 Å². The number of hydrogen-bond donors (Lipinski definition) is 3. The summed E-state index contributed by atoms with van der Waals surface area (Å²) >= 11 is 0. The fourth-order valence-corrected chi connectivity index (χ4v) is 1.98. The Kier molecular flexibility index (Phi) is 4.23. The van der Waals surface area contributed by atoms with Gasteiger partial charge in [0.25, 0.3) is 5.91 Å². The largest absolute Gasteiger partial charge is 0.398 e. The Morgan fingerprint density at radius 3 is 2.62 bits per heavy atom. The average molecular weight is 283 g/mol. The van der Waals surface area contributed by atoms with Crippen molar-refractivity contribution in [2.75, 3.05) is 5.73 Å². The first kappa shape index (κ1) is 14.6. The fraction of sp³-hybridized carbons (Fsp3) is 0.125. The van der Waals surface area contributed by atoms with E-state index in [9.17, 15) is 9.59 Å². The van der Waals surface area contributed by atoms with Crippen LogP contribution in [-0.4, -0.2) is 11.8 Å². The van der Waals surface area contributed by atoms with Crippen LogP contribution in [0.4, 0.5) is 5.69 Å². The number of nitrogens with one attached hydrogen (secondary N) is 1. The Morgan fingerprint density at radius 2 is 1.90 bits per heavy atom. The first-order valence-corrected chi connectivity index (χ1v) is 6.50. The van der Waals surface area contributed by atoms with Gasteiger partial charge in [0, 0.05) is 17.8 Å². The van der Waals surface area contributed by atoms with Crippen molar-refractivity contribution in [3.8, 4) is 0 Å². The van der Waals surface area contributed by atoms with Gasteiger partial charge in [-0.1, -0.05) is 23.8 Å². The monoisotopic (exact) mass is 283 g/mol. The lowest BCUT2D eigenvalue weighted by Crippen LogP contribution is -2.24. The van der Waals surface area contributed by atoms with Crippen molar-refractivity contribution in [2.45, 2.75) is 13.5 Å². The summed E-state index contributed by atoms with van der Waals surface area (Å²) in [6, 6.07) is 12.1. The Balaban J connectivity index is 2.09. The number of benzene rings is 2. The predicted molar refractivity (Wildman–Crippen MR) is 81.7 cm³/mol. The van der Waals surface area contributed by atoms with Crippen molar-refractivity contribution in [3.05, 3.63) is 64.7 Å². The summed E-state index contributed by atoms with van der Waals surface area (Å²) < 4.78 is 0. The molecule has 2 rings (SSSR count). The molecule has 2 amide bonds. The quantitative estimate of drug-likeness (QED) is 0.743. The molecule has 0 aliphatic heterocycles. The predicted octanol–water partition coefficient (Wildman–Crippen LogP) is 1.61. The van der Waals surface area contributed by atoms with E-state index in [0.717, 1.165) is 11.1 Å². The molecular weight excluding hydrogens is 266 g/mol. The lowest BCUT2D eigenvalue weighted by atomic mass is 10.1. The molecule has 0 radical (unpaired) electrons. The van der Waals surface area contributed by atoms with E-state index >= 15 is 0 Å². The van der Waals surface area contributed by atoms with E-state index in [0.29, 0.717) is 23.4 Å². The molecule has 5 N–H and O–H groups in total. The number of primary amides is 1. The highest BCUT2D eigenvalue weighted by Gasteiger charge is 2.10. The Bertz CT molecular complexity index is 696. The van der Waals surface area contributed by atoms with Gasteiger partial charge in [0.05, 0.1) is 5.56 Å². The summed E-state index contributed by atoms with van der Waals surface area (Å²) in [5, 5.41) is 2.78. The minimum absolute atomic E-state index is 0.249. The first-order valence-electron chi connectivity index (χ1n) is 6.50. The molecule has 0 heterocycles. The zero-order chi connectivity index (χ0) is 15.4. The third-order valence-corrected chi connectivity index (χ3v) is 3.12. The molecule has 2 aromatic carbocycles. The maximum absolute atomic E-state index is 12.1. The van der Waals surface area contributed by atoms with Crippen LogP contribution >= 0.6 is 0 Å². The normalized spacial score (nSPS) is 10.1. The van der Waals surface area contributed by atoms with Gasteiger partial charge in [-0.25, -0.2) is 0 Å². The van der Waals surface area contributed by atoms with Gasteiger partial charge in [-0.3, -0.25) is 9.59 Å². The van der Waals surface area contributed by atoms with Crippen molar-refractivity contribution >= 4 is 17.5 Å². The highest BCUT2D eigenvalue weighted by atomic mass is 16.2. The van der Waals surface area contributed by atoms with E-state index in [1.165, 1.54) is 0 Å². The number of nitrogens with two attached hydrogens (primary N) is 2. The zero-order valence-electron chi connectivity index (χ0n) is 11.7. The second-order valence-electron chi connectivity index (χ2n) is 4.84. The molecule has 0 unspecified atom stereocenters. The van der Waals surface area contributed by atoms with Gasteiger partial charge in [0.2, 0.25) is 5.91 Å². The molecule has 0 spiro atoms. The van der Waals surface area contributed by atoms with Crippen molar-refractivity contribution in [1.82, 2.24) is 5.32 Å². The Hall–Kier alpha value is -2.82. The molecule has 0 saturated heterocycles. The summed E-state index contributed by atoms with van der Waals surface area (Å²) in [7, 11) is 0. The van der Waals surface area contributed by atoms with Gasteiger partial charge in [0.15, 0.2) is 0 Å². The molecule has 108 valence electrons. The number of amides is 2. The van der Waals surface area contributed by atoms with E-state index < -0.39 is 5.91 Å².